The zero-order valence-corrected chi connectivity index (χ0v) is 7.61. The average molecular weight is 187 g/mol. The van der Waals surface area contributed by atoms with Crippen LogP contribution in [-0.4, -0.2) is 4.98 Å². The quantitative estimate of drug-likeness (QED) is 0.666. The van der Waals surface area contributed by atoms with E-state index in [0.717, 1.165) is 10.7 Å². The molecule has 0 aliphatic heterocycles. The number of rotatable bonds is 2. The van der Waals surface area contributed by atoms with Gasteiger partial charge in [-0.2, -0.15) is 0 Å². The first kappa shape index (κ1) is 8.69. The Bertz CT molecular complexity index is 329. The van der Waals surface area contributed by atoms with Crippen LogP contribution in [0.3, 0.4) is 0 Å². The van der Waals surface area contributed by atoms with Gasteiger partial charge in [0, 0.05) is 0 Å². The zero-order chi connectivity index (χ0) is 8.10. The third-order valence-corrected chi connectivity index (χ3v) is 2.01. The Labute approximate surface area is 69.5 Å². The Morgan fingerprint density at radius 1 is 1.91 bits per heavy atom. The summed E-state index contributed by atoms with van der Waals surface area (Å²) in [6.07, 6.45) is 0. The van der Waals surface area contributed by atoms with Crippen LogP contribution in [0.5, 0.6) is 0 Å². The van der Waals surface area contributed by atoms with Crippen LogP contribution in [0.2, 0.25) is 0 Å². The minimum atomic E-state index is -0.225. The van der Waals surface area contributed by atoms with Crippen molar-refractivity contribution in [2.75, 3.05) is 0 Å². The predicted molar refractivity (Wildman–Crippen MR) is 43.1 cm³/mol. The summed E-state index contributed by atoms with van der Waals surface area (Å²) in [4.78, 5) is 4.13. The second kappa shape index (κ2) is 4.47. The molecule has 0 fully saturated rings. The van der Waals surface area contributed by atoms with Crippen LogP contribution in [0, 0.1) is 12.7 Å². The van der Waals surface area contributed by atoms with Crippen molar-refractivity contribution in [1.29, 1.82) is 0 Å². The molecule has 58 valence electrons. The molecular weight excluding hydrogens is 181 g/mol. The maximum atomic E-state index is 9.84. The number of aromatic nitrogens is 1. The summed E-state index contributed by atoms with van der Waals surface area (Å²) < 4.78 is 14.6. The Hall–Kier alpha value is -0.400. The fraction of sp³-hybridized carbons (Fsp3) is 0.333. The van der Waals surface area contributed by atoms with Gasteiger partial charge in [-0.05, 0) is 0 Å². The summed E-state index contributed by atoms with van der Waals surface area (Å²) in [6.45, 7) is 2.27. The molecule has 0 aromatic carbocycles. The monoisotopic (exact) mass is 187 g/mol. The SMILES string of the molecule is Cc1nc(COC#P=O)cs1. The molecule has 0 saturated heterocycles. The predicted octanol–water partition coefficient (Wildman–Crippen LogP) is 2.18. The van der Waals surface area contributed by atoms with E-state index in [4.69, 9.17) is 4.74 Å². The number of hydrogen-bond acceptors (Lipinski definition) is 4. The van der Waals surface area contributed by atoms with Gasteiger partial charge in [-0.25, -0.2) is 0 Å². The minimum absolute atomic E-state index is 0.225. The molecule has 0 N–H and O–H groups in total. The van der Waals surface area contributed by atoms with Gasteiger partial charge in [-0.15, -0.1) is 0 Å². The van der Waals surface area contributed by atoms with Crippen LogP contribution in [0.15, 0.2) is 5.38 Å². The first-order valence-corrected chi connectivity index (χ1v) is 4.62. The molecule has 0 atom stereocenters. The molecule has 1 aromatic heterocycles. The van der Waals surface area contributed by atoms with Crippen molar-refractivity contribution in [3.8, 4) is 5.81 Å². The average Bonchev–Trinajstić information content (AvgIpc) is 2.37. The summed E-state index contributed by atoms with van der Waals surface area (Å²) in [6, 6.07) is 0. The van der Waals surface area contributed by atoms with Gasteiger partial charge in [0.05, 0.1) is 0 Å². The van der Waals surface area contributed by atoms with Crippen molar-refractivity contribution in [3.05, 3.63) is 16.1 Å². The van der Waals surface area contributed by atoms with Gasteiger partial charge in [0.1, 0.15) is 0 Å². The second-order valence-corrected chi connectivity index (χ2v) is 3.26. The summed E-state index contributed by atoms with van der Waals surface area (Å²) in [7, 11) is -0.225. The molecule has 0 unspecified atom stereocenters. The van der Waals surface area contributed by atoms with Crippen LogP contribution in [-0.2, 0) is 15.9 Å². The molecule has 5 heteroatoms. The van der Waals surface area contributed by atoms with Gasteiger partial charge in [0.25, 0.3) is 0 Å². The molecule has 0 bridgehead atoms. The van der Waals surface area contributed by atoms with Gasteiger partial charge >= 0.3 is 69.0 Å². The van der Waals surface area contributed by atoms with Crippen LogP contribution in [0.4, 0.5) is 0 Å². The molecule has 1 heterocycles. The summed E-state index contributed by atoms with van der Waals surface area (Å²) in [5.74, 6) is 2.19. The van der Waals surface area contributed by atoms with E-state index in [1.807, 2.05) is 12.3 Å². The fourth-order valence-corrected chi connectivity index (χ4v) is 1.32. The van der Waals surface area contributed by atoms with E-state index < -0.39 is 0 Å². The molecule has 0 aliphatic rings. The van der Waals surface area contributed by atoms with Gasteiger partial charge in [0.2, 0.25) is 0 Å². The topological polar surface area (TPSA) is 39.2 Å². The van der Waals surface area contributed by atoms with E-state index in [2.05, 4.69) is 10.8 Å². The molecule has 1 rings (SSSR count). The Balaban J connectivity index is 2.49. The first-order chi connectivity index (χ1) is 5.33. The van der Waals surface area contributed by atoms with Crippen LogP contribution >= 0.6 is 19.3 Å². The second-order valence-electron chi connectivity index (χ2n) is 1.83. The van der Waals surface area contributed by atoms with Gasteiger partial charge < -0.3 is 0 Å². The van der Waals surface area contributed by atoms with E-state index >= 15 is 0 Å². The molecule has 0 saturated carbocycles. The Morgan fingerprint density at radius 3 is 3.27 bits per heavy atom. The number of ether oxygens (including phenoxy) is 1. The number of nitrogens with zero attached hydrogens (tertiary/aromatic N) is 1. The Morgan fingerprint density at radius 2 is 2.73 bits per heavy atom. The van der Waals surface area contributed by atoms with Crippen molar-refractivity contribution in [2.45, 2.75) is 13.5 Å². The Kier molecular flexibility index (Phi) is 3.53. The van der Waals surface area contributed by atoms with Crippen molar-refractivity contribution in [3.63, 3.8) is 0 Å². The van der Waals surface area contributed by atoms with Crippen molar-refractivity contribution < 1.29 is 9.30 Å². The third-order valence-electron chi connectivity index (χ3n) is 0.988. The molecule has 1 aromatic rings. The normalized spacial score (nSPS) is 9.18. The maximum absolute atomic E-state index is 9.84. The molecule has 0 amide bonds. The molecule has 11 heavy (non-hydrogen) atoms. The third kappa shape index (κ3) is 3.00. The van der Waals surface area contributed by atoms with E-state index in [9.17, 15) is 4.57 Å². The van der Waals surface area contributed by atoms with E-state index in [0.29, 0.717) is 6.61 Å². The first-order valence-electron chi connectivity index (χ1n) is 2.93. The van der Waals surface area contributed by atoms with Gasteiger partial charge in [0.15, 0.2) is 0 Å². The van der Waals surface area contributed by atoms with Crippen LogP contribution < -0.4 is 0 Å². The summed E-state index contributed by atoms with van der Waals surface area (Å²) in [5.41, 5.74) is 0.851. The standard InChI is InChI=1S/C6H6NO2PS/c1-5-7-6(3-11-5)2-9-4-10-8/h3H,2H2,1H3. The molecule has 3 nitrogen and oxygen atoms in total. The van der Waals surface area contributed by atoms with Crippen molar-refractivity contribution >= 4 is 19.3 Å². The molecular formula is C6H6NO2PS. The van der Waals surface area contributed by atoms with Crippen molar-refractivity contribution in [2.24, 2.45) is 0 Å². The summed E-state index contributed by atoms with van der Waals surface area (Å²) in [5, 5.41) is 2.90. The van der Waals surface area contributed by atoms with Crippen LogP contribution in [0.25, 0.3) is 0 Å². The molecule has 0 spiro atoms. The van der Waals surface area contributed by atoms with Gasteiger partial charge in [-0.1, -0.05) is 0 Å². The van der Waals surface area contributed by atoms with E-state index in [1.54, 1.807) is 11.3 Å². The fourth-order valence-electron chi connectivity index (χ4n) is 0.607. The number of aryl methyl sites for hydroxylation is 1. The zero-order valence-electron chi connectivity index (χ0n) is 5.90. The number of hydrogen-bond donors (Lipinski definition) is 0. The number of thiazole rings is 1. The van der Waals surface area contributed by atoms with E-state index in [1.165, 1.54) is 0 Å². The van der Waals surface area contributed by atoms with E-state index in [-0.39, 0.29) is 7.92 Å². The summed E-state index contributed by atoms with van der Waals surface area (Å²) >= 11 is 1.56. The van der Waals surface area contributed by atoms with Gasteiger partial charge in [-0.3, -0.25) is 0 Å². The molecule has 0 radical (unpaired) electrons. The molecule has 0 aliphatic carbocycles. The van der Waals surface area contributed by atoms with Crippen LogP contribution in [0.1, 0.15) is 10.7 Å². The van der Waals surface area contributed by atoms with Crippen molar-refractivity contribution in [1.82, 2.24) is 4.98 Å².